The second-order valence-electron chi connectivity index (χ2n) is 9.95. The molecule has 6 nitrogen and oxygen atoms in total. The summed E-state index contributed by atoms with van der Waals surface area (Å²) in [5.41, 5.74) is 5.14. The number of aliphatic hydroxyl groups is 1. The number of carbonyl (C=O) groups excluding carboxylic acids is 1. The molecule has 2 aromatic rings. The normalized spacial score (nSPS) is 28.7. The lowest BCUT2D eigenvalue weighted by atomic mass is 9.79. The fraction of sp³-hybridized carbons (Fsp3) is 0.520. The standard InChI is InChI=1S/C25H32F2N4O2/c1-31(17-21-8-5-9-22(28)29-21)14-11-20(12-15-31)30-23(32)25(33,18-6-3-2-4-7-18)19-10-13-24(26,27)16-19/h2-9,19-20,33H,10-17H2,1H3,(H2-,28,29,30,32)/p+1/t19-,20?,25+,31?/m1/s1. The maximum absolute atomic E-state index is 14.0. The van der Waals surface area contributed by atoms with Crippen LogP contribution >= 0.6 is 0 Å². The highest BCUT2D eigenvalue weighted by Crippen LogP contribution is 2.47. The Morgan fingerprint density at radius 1 is 1.18 bits per heavy atom. The van der Waals surface area contributed by atoms with Crippen molar-refractivity contribution in [2.24, 2.45) is 5.92 Å². The molecule has 2 fully saturated rings. The second kappa shape index (κ2) is 8.99. The van der Waals surface area contributed by atoms with E-state index < -0.39 is 29.8 Å². The third-order valence-electron chi connectivity index (χ3n) is 7.30. The lowest BCUT2D eigenvalue weighted by Gasteiger charge is -2.41. The molecule has 1 amide bonds. The van der Waals surface area contributed by atoms with Crippen LogP contribution in [0.4, 0.5) is 14.6 Å². The van der Waals surface area contributed by atoms with Crippen LogP contribution in [0.15, 0.2) is 48.5 Å². The first-order chi connectivity index (χ1) is 15.6. The number of quaternary nitrogens is 1. The number of alkyl halides is 2. The van der Waals surface area contributed by atoms with Crippen LogP contribution in [-0.2, 0) is 16.9 Å². The summed E-state index contributed by atoms with van der Waals surface area (Å²) in [6.45, 7) is 2.40. The number of piperidine rings is 1. The fourth-order valence-corrected chi connectivity index (χ4v) is 5.32. The van der Waals surface area contributed by atoms with Crippen molar-refractivity contribution < 1.29 is 23.2 Å². The van der Waals surface area contributed by atoms with E-state index in [0.29, 0.717) is 11.4 Å². The van der Waals surface area contributed by atoms with Crippen molar-refractivity contribution in [2.75, 3.05) is 25.9 Å². The number of hydrogen-bond donors (Lipinski definition) is 3. The van der Waals surface area contributed by atoms with Gasteiger partial charge in [-0.2, -0.15) is 0 Å². The Labute approximate surface area is 193 Å². The van der Waals surface area contributed by atoms with Crippen LogP contribution in [0.3, 0.4) is 0 Å². The van der Waals surface area contributed by atoms with Gasteiger partial charge in [0.25, 0.3) is 5.91 Å². The summed E-state index contributed by atoms with van der Waals surface area (Å²) in [5, 5.41) is 14.6. The minimum absolute atomic E-state index is 0.110. The molecule has 0 spiro atoms. The Morgan fingerprint density at radius 3 is 2.48 bits per heavy atom. The van der Waals surface area contributed by atoms with Gasteiger partial charge in [0.2, 0.25) is 5.92 Å². The molecule has 2 aliphatic rings. The lowest BCUT2D eigenvalue weighted by Crippen LogP contribution is -2.57. The Bertz CT molecular complexity index is 979. The van der Waals surface area contributed by atoms with Crippen LogP contribution in [0.2, 0.25) is 0 Å². The first kappa shape index (κ1) is 23.6. The van der Waals surface area contributed by atoms with E-state index in [1.807, 2.05) is 12.1 Å². The highest BCUT2D eigenvalue weighted by molar-refractivity contribution is 5.87. The number of anilines is 1. The smallest absolute Gasteiger partial charge is 0.257 e. The number of nitrogen functional groups attached to an aromatic ring is 1. The van der Waals surface area contributed by atoms with Gasteiger partial charge in [-0.15, -0.1) is 0 Å². The number of benzene rings is 1. The molecule has 1 aliphatic heterocycles. The molecule has 1 saturated carbocycles. The van der Waals surface area contributed by atoms with Crippen LogP contribution in [0, 0.1) is 5.92 Å². The number of rotatable bonds is 6. The number of amides is 1. The molecule has 1 aliphatic carbocycles. The van der Waals surface area contributed by atoms with E-state index in [9.17, 15) is 18.7 Å². The second-order valence-corrected chi connectivity index (χ2v) is 9.95. The Morgan fingerprint density at radius 2 is 1.88 bits per heavy atom. The lowest BCUT2D eigenvalue weighted by molar-refractivity contribution is -0.927. The van der Waals surface area contributed by atoms with E-state index in [2.05, 4.69) is 17.3 Å². The van der Waals surface area contributed by atoms with Crippen molar-refractivity contribution in [3.8, 4) is 0 Å². The number of aromatic nitrogens is 1. The van der Waals surface area contributed by atoms with Gasteiger partial charge in [-0.25, -0.2) is 13.8 Å². The molecule has 2 heterocycles. The first-order valence-corrected chi connectivity index (χ1v) is 11.6. The molecule has 33 heavy (non-hydrogen) atoms. The van der Waals surface area contributed by atoms with Gasteiger partial charge in [-0.05, 0) is 24.1 Å². The van der Waals surface area contributed by atoms with Gasteiger partial charge >= 0.3 is 0 Å². The molecule has 4 rings (SSSR count). The monoisotopic (exact) mass is 459 g/mol. The van der Waals surface area contributed by atoms with Gasteiger partial charge in [0.15, 0.2) is 5.60 Å². The van der Waals surface area contributed by atoms with E-state index in [4.69, 9.17) is 5.73 Å². The number of halogens is 2. The minimum Gasteiger partial charge on any atom is -0.384 e. The number of carbonyl (C=O) groups is 1. The van der Waals surface area contributed by atoms with Gasteiger partial charge in [0.05, 0.1) is 25.8 Å². The molecule has 0 bridgehead atoms. The molecule has 1 saturated heterocycles. The van der Waals surface area contributed by atoms with Gasteiger partial charge in [-0.1, -0.05) is 36.4 Å². The summed E-state index contributed by atoms with van der Waals surface area (Å²) >= 11 is 0. The SMILES string of the molecule is C[N+]1(Cc2cccc(N)n2)CCC(NC(=O)[C@](O)(c2ccccc2)[C@@H]2CCC(F)(F)C2)CC1. The molecule has 1 aromatic heterocycles. The largest absolute Gasteiger partial charge is 0.384 e. The van der Waals surface area contributed by atoms with E-state index in [-0.39, 0.29) is 18.9 Å². The van der Waals surface area contributed by atoms with Crippen molar-refractivity contribution in [3.63, 3.8) is 0 Å². The summed E-state index contributed by atoms with van der Waals surface area (Å²) in [5.74, 6) is -3.75. The number of hydrogen-bond acceptors (Lipinski definition) is 4. The predicted molar refractivity (Wildman–Crippen MR) is 122 cm³/mol. The summed E-state index contributed by atoms with van der Waals surface area (Å²) in [6, 6.07) is 14.0. The van der Waals surface area contributed by atoms with Gasteiger partial charge in [-0.3, -0.25) is 4.79 Å². The highest BCUT2D eigenvalue weighted by atomic mass is 19.3. The molecular formula is C25H33F2N4O2+. The Balaban J connectivity index is 1.44. The zero-order valence-electron chi connectivity index (χ0n) is 19.0. The topological polar surface area (TPSA) is 88.2 Å². The van der Waals surface area contributed by atoms with E-state index in [1.54, 1.807) is 36.4 Å². The molecule has 8 heteroatoms. The quantitative estimate of drug-likeness (QED) is 0.579. The van der Waals surface area contributed by atoms with Gasteiger partial charge in [0.1, 0.15) is 12.4 Å². The van der Waals surface area contributed by atoms with Crippen molar-refractivity contribution in [3.05, 3.63) is 59.8 Å². The zero-order valence-corrected chi connectivity index (χ0v) is 19.0. The van der Waals surface area contributed by atoms with E-state index in [0.717, 1.165) is 42.7 Å². The minimum atomic E-state index is -2.85. The molecule has 2 atom stereocenters. The van der Waals surface area contributed by atoms with Gasteiger partial charge < -0.3 is 20.6 Å². The Hall–Kier alpha value is -2.58. The van der Waals surface area contributed by atoms with Crippen molar-refractivity contribution in [1.29, 1.82) is 0 Å². The van der Waals surface area contributed by atoms with Crippen LogP contribution < -0.4 is 11.1 Å². The van der Waals surface area contributed by atoms with Gasteiger partial charge in [0, 0.05) is 37.6 Å². The summed E-state index contributed by atoms with van der Waals surface area (Å²) in [4.78, 5) is 17.8. The third kappa shape index (κ3) is 5.17. The third-order valence-corrected chi connectivity index (χ3v) is 7.30. The van der Waals surface area contributed by atoms with Crippen molar-refractivity contribution >= 4 is 11.7 Å². The zero-order chi connectivity index (χ0) is 23.7. The predicted octanol–water partition coefficient (Wildman–Crippen LogP) is 3.21. The van der Waals surface area contributed by atoms with E-state index >= 15 is 0 Å². The van der Waals surface area contributed by atoms with Crippen LogP contribution in [0.1, 0.15) is 43.4 Å². The summed E-state index contributed by atoms with van der Waals surface area (Å²) < 4.78 is 28.8. The maximum atomic E-state index is 14.0. The van der Waals surface area contributed by atoms with Crippen LogP contribution in [0.5, 0.6) is 0 Å². The molecule has 0 unspecified atom stereocenters. The summed E-state index contributed by atoms with van der Waals surface area (Å²) in [7, 11) is 2.16. The van der Waals surface area contributed by atoms with E-state index in [1.165, 1.54) is 0 Å². The number of nitrogens with two attached hydrogens (primary N) is 1. The Kier molecular flexibility index (Phi) is 6.42. The fourth-order valence-electron chi connectivity index (χ4n) is 5.32. The number of pyridine rings is 1. The number of nitrogens with zero attached hydrogens (tertiary/aromatic N) is 2. The van der Waals surface area contributed by atoms with Crippen molar-refractivity contribution in [2.45, 2.75) is 56.2 Å². The average molecular weight is 460 g/mol. The first-order valence-electron chi connectivity index (χ1n) is 11.6. The molecule has 0 radical (unpaired) electrons. The highest BCUT2D eigenvalue weighted by Gasteiger charge is 2.53. The van der Waals surface area contributed by atoms with Crippen LogP contribution in [-0.4, -0.2) is 52.6 Å². The molecular weight excluding hydrogens is 426 g/mol. The number of nitrogens with one attached hydrogen (secondary N) is 1. The summed E-state index contributed by atoms with van der Waals surface area (Å²) in [6.07, 6.45) is 0.779. The van der Waals surface area contributed by atoms with Crippen LogP contribution in [0.25, 0.3) is 0 Å². The average Bonchev–Trinajstić information content (AvgIpc) is 3.15. The molecule has 1 aromatic carbocycles. The maximum Gasteiger partial charge on any atom is 0.257 e. The molecule has 178 valence electrons. The molecule has 4 N–H and O–H groups in total. The number of likely N-dealkylation sites (tertiary alicyclic amines) is 1. The van der Waals surface area contributed by atoms with Crippen molar-refractivity contribution in [1.82, 2.24) is 10.3 Å².